The first-order valence-electron chi connectivity index (χ1n) is 5.17. The average Bonchev–Trinajstić information content (AvgIpc) is 1.82. The molecular weight excluding hydrogens is 179 g/mol. The zero-order chi connectivity index (χ0) is 10.9. The third-order valence-electron chi connectivity index (χ3n) is 2.77. The van der Waals surface area contributed by atoms with Gasteiger partial charge in [0.15, 0.2) is 7.49 Å². The van der Waals surface area contributed by atoms with Gasteiger partial charge in [-0.2, -0.15) is 0 Å². The molecule has 80 valence electrons. The van der Waals surface area contributed by atoms with Gasteiger partial charge in [-0.25, -0.2) is 0 Å². The molecule has 0 saturated carbocycles. The third kappa shape index (κ3) is 2.67. The molecule has 0 aliphatic heterocycles. The Morgan fingerprint density at radius 1 is 0.923 bits per heavy atom. The van der Waals surface area contributed by atoms with Crippen molar-refractivity contribution in [3.05, 3.63) is 0 Å². The fraction of sp³-hybridized carbons (Fsp3) is 1.00. The maximum Gasteiger partial charge on any atom is 0.152 e. The van der Waals surface area contributed by atoms with E-state index in [9.17, 15) is 4.89 Å². The van der Waals surface area contributed by atoms with Gasteiger partial charge in [-0.1, -0.05) is 6.92 Å². The Labute approximate surface area is 84.4 Å². The van der Waals surface area contributed by atoms with Crippen molar-refractivity contribution in [2.75, 3.05) is 6.16 Å². The average molecular weight is 205 g/mol. The zero-order valence-corrected chi connectivity index (χ0v) is 11.2. The van der Waals surface area contributed by atoms with Crippen molar-refractivity contribution in [1.82, 2.24) is 0 Å². The maximum absolute atomic E-state index is 10.8. The minimum atomic E-state index is -1.84. The number of hydrogen-bond donors (Lipinski definition) is 1. The highest BCUT2D eigenvalue weighted by Crippen LogP contribution is 2.73. The Hall–Kier alpha value is 0.390. The van der Waals surface area contributed by atoms with Crippen molar-refractivity contribution in [3.8, 4) is 0 Å². The summed E-state index contributed by atoms with van der Waals surface area (Å²) in [6.07, 6.45) is 2.07. The van der Waals surface area contributed by atoms with Crippen LogP contribution in [0, 0.1) is 0 Å². The van der Waals surface area contributed by atoms with Gasteiger partial charge in [-0.3, -0.25) is 4.89 Å². The molecule has 0 spiro atoms. The van der Waals surface area contributed by atoms with Gasteiger partial charge < -0.3 is 0 Å². The molecule has 0 aromatic carbocycles. The summed E-state index contributed by atoms with van der Waals surface area (Å²) >= 11 is 0. The predicted molar refractivity (Wildman–Crippen MR) is 63.8 cm³/mol. The molecule has 0 aromatic heterocycles. The summed E-state index contributed by atoms with van der Waals surface area (Å²) in [7, 11) is -1.84. The van der Waals surface area contributed by atoms with Crippen LogP contribution in [0.3, 0.4) is 0 Å². The third-order valence-corrected chi connectivity index (χ3v) is 8.30. The summed E-state index contributed by atoms with van der Waals surface area (Å²) < 4.78 is 0. The molecule has 0 aromatic rings. The molecule has 0 saturated heterocycles. The van der Waals surface area contributed by atoms with E-state index in [1.54, 1.807) is 0 Å². The van der Waals surface area contributed by atoms with Crippen molar-refractivity contribution in [3.63, 3.8) is 0 Å². The second-order valence-corrected chi connectivity index (χ2v) is 10.5. The molecule has 0 heterocycles. The summed E-state index contributed by atoms with van der Waals surface area (Å²) in [5, 5.41) is 0.114. The fourth-order valence-electron chi connectivity index (χ4n) is 2.00. The molecule has 0 fully saturated rings. The second-order valence-electron chi connectivity index (χ2n) is 5.83. The Balaban J connectivity index is 4.96. The first-order chi connectivity index (χ1) is 5.56. The molecular formula is C11H26OP+. The molecule has 2 heteroatoms. The highest BCUT2D eigenvalue weighted by Gasteiger charge is 2.56. The molecule has 0 radical (unpaired) electrons. The van der Waals surface area contributed by atoms with Gasteiger partial charge in [-0.15, -0.1) is 0 Å². The van der Waals surface area contributed by atoms with Gasteiger partial charge in [0.25, 0.3) is 0 Å². The Morgan fingerprint density at radius 2 is 1.23 bits per heavy atom. The molecule has 0 rings (SSSR count). The molecule has 0 aliphatic rings. The van der Waals surface area contributed by atoms with Gasteiger partial charge in [0.1, 0.15) is 0 Å². The number of rotatable bonds is 2. The molecule has 13 heavy (non-hydrogen) atoms. The lowest BCUT2D eigenvalue weighted by Gasteiger charge is -2.41. The van der Waals surface area contributed by atoms with Crippen molar-refractivity contribution >= 4 is 7.49 Å². The van der Waals surface area contributed by atoms with E-state index in [1.165, 1.54) is 0 Å². The van der Waals surface area contributed by atoms with Crippen LogP contribution in [0.5, 0.6) is 0 Å². The van der Waals surface area contributed by atoms with Crippen LogP contribution in [-0.4, -0.2) is 21.4 Å². The van der Waals surface area contributed by atoms with Crippen LogP contribution in [0.15, 0.2) is 0 Å². The van der Waals surface area contributed by atoms with Crippen molar-refractivity contribution in [2.45, 2.75) is 65.2 Å². The lowest BCUT2D eigenvalue weighted by molar-refractivity contribution is 0.499. The van der Waals surface area contributed by atoms with Crippen LogP contribution in [0.2, 0.25) is 0 Å². The molecule has 0 aliphatic carbocycles. The minimum Gasteiger partial charge on any atom is -0.251 e. The minimum absolute atomic E-state index is 0.0568. The molecule has 0 bridgehead atoms. The highest BCUT2D eigenvalue weighted by atomic mass is 31.2. The van der Waals surface area contributed by atoms with Crippen LogP contribution >= 0.6 is 7.49 Å². The summed E-state index contributed by atoms with van der Waals surface area (Å²) in [5.74, 6) is 0. The quantitative estimate of drug-likeness (QED) is 0.677. The summed E-state index contributed by atoms with van der Waals surface area (Å²) in [6, 6.07) is 0. The van der Waals surface area contributed by atoms with E-state index >= 15 is 0 Å². The largest absolute Gasteiger partial charge is 0.251 e. The van der Waals surface area contributed by atoms with Crippen LogP contribution in [-0.2, 0) is 0 Å². The predicted octanol–water partition coefficient (Wildman–Crippen LogP) is 3.92. The lowest BCUT2D eigenvalue weighted by Crippen LogP contribution is -2.35. The Bertz CT molecular complexity index is 148. The molecule has 0 amide bonds. The standard InChI is InChI=1S/C11H26OP/c1-8-9-13(12,10(2,3)4)11(5,6)7/h12H,8-9H2,1-7H3/q+1. The van der Waals surface area contributed by atoms with E-state index < -0.39 is 7.49 Å². The van der Waals surface area contributed by atoms with Crippen LogP contribution in [0.4, 0.5) is 0 Å². The van der Waals surface area contributed by atoms with Crippen LogP contribution < -0.4 is 0 Å². The zero-order valence-electron chi connectivity index (χ0n) is 10.3. The van der Waals surface area contributed by atoms with Gasteiger partial charge in [0.2, 0.25) is 0 Å². The van der Waals surface area contributed by atoms with Gasteiger partial charge in [-0.05, 0) is 48.0 Å². The summed E-state index contributed by atoms with van der Waals surface area (Å²) in [4.78, 5) is 10.8. The van der Waals surface area contributed by atoms with Gasteiger partial charge in [0, 0.05) is 0 Å². The smallest absolute Gasteiger partial charge is 0.152 e. The van der Waals surface area contributed by atoms with E-state index in [0.29, 0.717) is 0 Å². The summed E-state index contributed by atoms with van der Waals surface area (Å²) in [6.45, 7) is 15.2. The van der Waals surface area contributed by atoms with Gasteiger partial charge in [0.05, 0.1) is 16.5 Å². The summed E-state index contributed by atoms with van der Waals surface area (Å²) in [5.41, 5.74) is 0. The first-order valence-corrected chi connectivity index (χ1v) is 7.10. The fourth-order valence-corrected chi connectivity index (χ4v) is 6.00. The van der Waals surface area contributed by atoms with E-state index in [1.807, 2.05) is 0 Å². The first kappa shape index (κ1) is 13.4. The Kier molecular flexibility index (Phi) is 3.98. The second kappa shape index (κ2) is 3.87. The SMILES string of the molecule is CCC[P+](O)(C(C)(C)C)C(C)(C)C. The maximum atomic E-state index is 10.8. The monoisotopic (exact) mass is 205 g/mol. The Morgan fingerprint density at radius 3 is 1.31 bits per heavy atom. The van der Waals surface area contributed by atoms with Crippen molar-refractivity contribution in [2.24, 2.45) is 0 Å². The van der Waals surface area contributed by atoms with Crippen molar-refractivity contribution < 1.29 is 4.89 Å². The highest BCUT2D eigenvalue weighted by molar-refractivity contribution is 7.73. The van der Waals surface area contributed by atoms with Crippen LogP contribution in [0.25, 0.3) is 0 Å². The normalized spacial score (nSPS) is 14.8. The molecule has 0 unspecified atom stereocenters. The molecule has 0 atom stereocenters. The van der Waals surface area contributed by atoms with Crippen LogP contribution in [0.1, 0.15) is 54.9 Å². The molecule has 1 nitrogen and oxygen atoms in total. The topological polar surface area (TPSA) is 20.2 Å². The van der Waals surface area contributed by atoms with E-state index in [2.05, 4.69) is 48.5 Å². The van der Waals surface area contributed by atoms with Gasteiger partial charge >= 0.3 is 0 Å². The molecule has 1 N–H and O–H groups in total. The van der Waals surface area contributed by atoms with Crippen molar-refractivity contribution in [1.29, 1.82) is 0 Å². The van der Waals surface area contributed by atoms with E-state index in [0.717, 1.165) is 12.6 Å². The van der Waals surface area contributed by atoms with E-state index in [4.69, 9.17) is 0 Å². The van der Waals surface area contributed by atoms with E-state index in [-0.39, 0.29) is 10.3 Å². The number of hydrogen-bond acceptors (Lipinski definition) is 1. The lowest BCUT2D eigenvalue weighted by atomic mass is 10.2.